The van der Waals surface area contributed by atoms with Crippen molar-refractivity contribution in [2.24, 2.45) is 0 Å². The molecule has 9 heteroatoms. The lowest BCUT2D eigenvalue weighted by Gasteiger charge is -2.44. The van der Waals surface area contributed by atoms with Gasteiger partial charge in [-0.2, -0.15) is 5.10 Å². The van der Waals surface area contributed by atoms with E-state index in [4.69, 9.17) is 26.3 Å². The van der Waals surface area contributed by atoms with Crippen molar-refractivity contribution in [3.63, 3.8) is 0 Å². The standard InChI is InChI=1S/C20H18ClFN4O.C6H8N2/c1-9-10(2)24-20-18(23-9)17(15-4-3-12(21)7-16(15)22)25-19(26-20)11-5-13-8-14(6-11)27-13;1-4-7-8(5-1)6-2-3-6/h3-4,7,11,13-14H,5-6,8H2,1-2H3;1,4-6H,2-3H2. The average molecular weight is 493 g/mol. The van der Waals surface area contributed by atoms with E-state index in [0.717, 1.165) is 36.7 Å². The van der Waals surface area contributed by atoms with Gasteiger partial charge < -0.3 is 4.74 Å². The summed E-state index contributed by atoms with van der Waals surface area (Å²) in [6.45, 7) is 3.78. The number of aromatic nitrogens is 6. The van der Waals surface area contributed by atoms with Gasteiger partial charge in [-0.15, -0.1) is 0 Å². The maximum absolute atomic E-state index is 14.7. The topological polar surface area (TPSA) is 78.6 Å². The van der Waals surface area contributed by atoms with Crippen molar-refractivity contribution < 1.29 is 9.13 Å². The molecule has 4 fully saturated rings. The SMILES string of the molecule is Cc1nc2nc(C3CC4CC(C3)O4)nc(-c3ccc(Cl)cc3F)c2nc1C.c1cnn(C2CC2)c1. The third-order valence-electron chi connectivity index (χ3n) is 6.96. The summed E-state index contributed by atoms with van der Waals surface area (Å²) in [6, 6.07) is 7.30. The first-order valence-electron chi connectivity index (χ1n) is 12.1. The van der Waals surface area contributed by atoms with Crippen molar-refractivity contribution in [1.82, 2.24) is 29.7 Å². The quantitative estimate of drug-likeness (QED) is 0.362. The van der Waals surface area contributed by atoms with E-state index in [1.165, 1.54) is 18.9 Å². The van der Waals surface area contributed by atoms with Crippen LogP contribution < -0.4 is 0 Å². The number of hydrogen-bond donors (Lipinski definition) is 0. The number of aryl methyl sites for hydroxylation is 2. The Bertz CT molecular complexity index is 1370. The highest BCUT2D eigenvalue weighted by Gasteiger charge is 2.41. The Morgan fingerprint density at radius 3 is 2.40 bits per heavy atom. The summed E-state index contributed by atoms with van der Waals surface area (Å²) >= 11 is 5.93. The third kappa shape index (κ3) is 4.52. The van der Waals surface area contributed by atoms with Gasteiger partial charge in [-0.1, -0.05) is 11.6 Å². The Morgan fingerprint density at radius 2 is 1.74 bits per heavy atom. The lowest BCUT2D eigenvalue weighted by Crippen LogP contribution is -2.44. The molecule has 2 atom stereocenters. The number of hydrogen-bond acceptors (Lipinski definition) is 6. The Balaban J connectivity index is 0.000000240. The van der Waals surface area contributed by atoms with Gasteiger partial charge in [0.2, 0.25) is 0 Å². The van der Waals surface area contributed by atoms with Crippen molar-refractivity contribution in [1.29, 1.82) is 0 Å². The molecule has 35 heavy (non-hydrogen) atoms. The van der Waals surface area contributed by atoms with Crippen molar-refractivity contribution in [2.45, 2.75) is 70.1 Å². The van der Waals surface area contributed by atoms with E-state index in [-0.39, 0.29) is 18.1 Å². The molecule has 2 unspecified atom stereocenters. The van der Waals surface area contributed by atoms with Crippen molar-refractivity contribution in [3.05, 3.63) is 64.7 Å². The molecule has 180 valence electrons. The van der Waals surface area contributed by atoms with E-state index in [1.807, 2.05) is 37.0 Å². The molecule has 0 amide bonds. The Labute approximate surface area is 207 Å². The van der Waals surface area contributed by atoms with Gasteiger partial charge in [0.1, 0.15) is 22.9 Å². The van der Waals surface area contributed by atoms with E-state index in [0.29, 0.717) is 33.3 Å². The van der Waals surface area contributed by atoms with Crippen LogP contribution in [0.15, 0.2) is 36.7 Å². The van der Waals surface area contributed by atoms with Crippen LogP contribution in [0.5, 0.6) is 0 Å². The Hall–Kier alpha value is -2.97. The molecular formula is C26H26ClFN6O. The number of ether oxygens (including phenoxy) is 1. The summed E-state index contributed by atoms with van der Waals surface area (Å²) < 4.78 is 22.4. The molecular weight excluding hydrogens is 467 g/mol. The first kappa shape index (κ1) is 22.5. The molecule has 2 bridgehead atoms. The fraction of sp³-hybridized carbons (Fsp3) is 0.423. The lowest BCUT2D eigenvalue weighted by molar-refractivity contribution is -0.163. The number of benzene rings is 1. The smallest absolute Gasteiger partial charge is 0.182 e. The molecule has 4 aliphatic rings. The second-order valence-corrected chi connectivity index (χ2v) is 10.1. The molecule has 4 aromatic rings. The van der Waals surface area contributed by atoms with Gasteiger partial charge in [0.25, 0.3) is 0 Å². The monoisotopic (exact) mass is 492 g/mol. The number of halogens is 2. The van der Waals surface area contributed by atoms with E-state index in [2.05, 4.69) is 15.1 Å². The van der Waals surface area contributed by atoms with Gasteiger partial charge in [0, 0.05) is 28.9 Å². The highest BCUT2D eigenvalue weighted by Crippen LogP contribution is 2.43. The molecule has 0 radical (unpaired) electrons. The molecule has 2 saturated heterocycles. The minimum absolute atomic E-state index is 0.199. The summed E-state index contributed by atoms with van der Waals surface area (Å²) in [5.74, 6) is 0.468. The minimum atomic E-state index is -0.427. The van der Waals surface area contributed by atoms with E-state index in [1.54, 1.807) is 12.1 Å². The van der Waals surface area contributed by atoms with Gasteiger partial charge >= 0.3 is 0 Å². The summed E-state index contributed by atoms with van der Waals surface area (Å²) in [7, 11) is 0. The number of nitrogens with zero attached hydrogens (tertiary/aromatic N) is 6. The van der Waals surface area contributed by atoms with Crippen LogP contribution in [0, 0.1) is 19.7 Å². The molecule has 5 heterocycles. The molecule has 1 aromatic carbocycles. The largest absolute Gasteiger partial charge is 0.375 e. The Kier molecular flexibility index (Phi) is 5.73. The van der Waals surface area contributed by atoms with Crippen LogP contribution in [0.25, 0.3) is 22.4 Å². The van der Waals surface area contributed by atoms with Gasteiger partial charge in [-0.25, -0.2) is 24.3 Å². The zero-order valence-corrected chi connectivity index (χ0v) is 20.4. The van der Waals surface area contributed by atoms with Crippen molar-refractivity contribution in [2.75, 3.05) is 0 Å². The molecule has 2 saturated carbocycles. The number of rotatable bonds is 3. The fourth-order valence-corrected chi connectivity index (χ4v) is 4.98. The summed E-state index contributed by atoms with van der Waals surface area (Å²) in [6.07, 6.45) is 9.97. The van der Waals surface area contributed by atoms with Crippen LogP contribution in [0.2, 0.25) is 5.02 Å². The second kappa shape index (κ2) is 8.91. The third-order valence-corrected chi connectivity index (χ3v) is 7.20. The van der Waals surface area contributed by atoms with Crippen LogP contribution in [0.1, 0.15) is 61.3 Å². The predicted molar refractivity (Wildman–Crippen MR) is 131 cm³/mol. The van der Waals surface area contributed by atoms with Crippen molar-refractivity contribution >= 4 is 22.8 Å². The zero-order valence-electron chi connectivity index (χ0n) is 19.7. The van der Waals surface area contributed by atoms with E-state index >= 15 is 0 Å². The average Bonchev–Trinajstić information content (AvgIpc) is 3.53. The Morgan fingerprint density at radius 1 is 1.00 bits per heavy atom. The molecule has 7 nitrogen and oxygen atoms in total. The molecule has 8 rings (SSSR count). The molecule has 0 spiro atoms. The summed E-state index contributed by atoms with van der Waals surface area (Å²) in [5.41, 5.74) is 3.45. The van der Waals surface area contributed by atoms with Gasteiger partial charge in [0.05, 0.1) is 29.6 Å². The van der Waals surface area contributed by atoms with Crippen LogP contribution >= 0.6 is 11.6 Å². The predicted octanol–water partition coefficient (Wildman–Crippen LogP) is 5.75. The van der Waals surface area contributed by atoms with E-state index < -0.39 is 5.82 Å². The molecule has 2 aliphatic carbocycles. The first-order chi connectivity index (χ1) is 16.9. The van der Waals surface area contributed by atoms with Gasteiger partial charge in [0.15, 0.2) is 5.65 Å². The van der Waals surface area contributed by atoms with Crippen LogP contribution in [-0.4, -0.2) is 41.9 Å². The summed E-state index contributed by atoms with van der Waals surface area (Å²) in [4.78, 5) is 18.7. The lowest BCUT2D eigenvalue weighted by atomic mass is 9.80. The van der Waals surface area contributed by atoms with Crippen LogP contribution in [0.4, 0.5) is 4.39 Å². The maximum atomic E-state index is 14.7. The minimum Gasteiger partial charge on any atom is -0.375 e. The molecule has 3 aromatic heterocycles. The number of fused-ring (bicyclic) bond motifs is 3. The van der Waals surface area contributed by atoms with Gasteiger partial charge in [-0.05, 0) is 70.2 Å². The normalized spacial score (nSPS) is 22.9. The van der Waals surface area contributed by atoms with Crippen molar-refractivity contribution in [3.8, 4) is 11.3 Å². The highest BCUT2D eigenvalue weighted by atomic mass is 35.5. The van der Waals surface area contributed by atoms with Crippen LogP contribution in [-0.2, 0) is 4.74 Å². The zero-order chi connectivity index (χ0) is 24.1. The van der Waals surface area contributed by atoms with Crippen LogP contribution in [0.3, 0.4) is 0 Å². The fourth-order valence-electron chi connectivity index (χ4n) is 4.82. The maximum Gasteiger partial charge on any atom is 0.182 e. The van der Waals surface area contributed by atoms with E-state index in [9.17, 15) is 4.39 Å². The molecule has 0 N–H and O–H groups in total. The van der Waals surface area contributed by atoms with Gasteiger partial charge in [-0.3, -0.25) is 4.68 Å². The summed E-state index contributed by atoms with van der Waals surface area (Å²) in [5, 5.41) is 4.44. The highest BCUT2D eigenvalue weighted by molar-refractivity contribution is 6.30. The first-order valence-corrected chi connectivity index (χ1v) is 12.5. The molecule has 2 aliphatic heterocycles. The second-order valence-electron chi connectivity index (χ2n) is 9.62.